The summed E-state index contributed by atoms with van der Waals surface area (Å²) in [6, 6.07) is 5.26. The first kappa shape index (κ1) is 15.2. The number of imide groups is 1. The monoisotopic (exact) mass is 366 g/mol. The van der Waals surface area contributed by atoms with Crippen LogP contribution in [0, 0.1) is 5.92 Å². The number of methoxy groups -OCH3 is 1. The first-order valence-electron chi connectivity index (χ1n) is 6.92. The molecule has 2 aliphatic heterocycles. The number of rotatable bonds is 4. The molecule has 2 N–H and O–H groups in total. The van der Waals surface area contributed by atoms with E-state index in [0.717, 1.165) is 10.0 Å². The third-order valence-electron chi connectivity index (χ3n) is 4.32. The molecule has 2 heterocycles. The lowest BCUT2D eigenvalue weighted by Gasteiger charge is -2.50. The molecular formula is C15H15BrN2O4. The molecule has 1 aromatic carbocycles. The van der Waals surface area contributed by atoms with Gasteiger partial charge in [0.2, 0.25) is 11.8 Å². The van der Waals surface area contributed by atoms with Crippen LogP contribution in [0.2, 0.25) is 0 Å². The summed E-state index contributed by atoms with van der Waals surface area (Å²) in [5.41, 5.74) is 0.496. The van der Waals surface area contributed by atoms with Crippen LogP contribution in [0.15, 0.2) is 22.7 Å². The number of carbonyl (C=O) groups is 3. The van der Waals surface area contributed by atoms with Crippen LogP contribution in [0.5, 0.6) is 0 Å². The quantitative estimate of drug-likeness (QED) is 0.616. The maximum Gasteiger partial charge on any atom is 0.338 e. The zero-order valence-corrected chi connectivity index (χ0v) is 13.5. The molecule has 0 atom stereocenters. The van der Waals surface area contributed by atoms with Gasteiger partial charge < -0.3 is 4.74 Å². The Kier molecular flexibility index (Phi) is 3.78. The molecule has 0 radical (unpaired) electrons. The van der Waals surface area contributed by atoms with Crippen molar-refractivity contribution in [2.24, 2.45) is 5.92 Å². The summed E-state index contributed by atoms with van der Waals surface area (Å²) in [4.78, 5) is 35.3. The number of halogens is 1. The lowest BCUT2D eigenvalue weighted by atomic mass is 9.64. The summed E-state index contributed by atoms with van der Waals surface area (Å²) in [7, 11) is 1.33. The third-order valence-corrected chi connectivity index (χ3v) is 4.81. The van der Waals surface area contributed by atoms with Crippen LogP contribution >= 0.6 is 15.9 Å². The van der Waals surface area contributed by atoms with Crippen LogP contribution in [0.3, 0.4) is 0 Å². The van der Waals surface area contributed by atoms with Crippen molar-refractivity contribution in [2.75, 3.05) is 7.11 Å². The highest BCUT2D eigenvalue weighted by atomic mass is 79.9. The maximum absolute atomic E-state index is 12.0. The second-order valence-corrected chi connectivity index (χ2v) is 6.57. The fourth-order valence-electron chi connectivity index (χ4n) is 2.99. The van der Waals surface area contributed by atoms with Gasteiger partial charge in [0.05, 0.1) is 12.7 Å². The number of hydrogen-bond acceptors (Lipinski definition) is 5. The lowest BCUT2D eigenvalue weighted by Crippen LogP contribution is -2.72. The Bertz CT molecular complexity index is 668. The van der Waals surface area contributed by atoms with Crippen molar-refractivity contribution in [3.8, 4) is 0 Å². The molecule has 0 aromatic heterocycles. The summed E-state index contributed by atoms with van der Waals surface area (Å²) in [6.07, 6.45) is 1.03. The van der Waals surface area contributed by atoms with Crippen molar-refractivity contribution in [2.45, 2.75) is 24.9 Å². The molecule has 6 nitrogen and oxygen atoms in total. The maximum atomic E-state index is 12.0. The Labute approximate surface area is 135 Å². The Morgan fingerprint density at radius 3 is 2.82 bits per heavy atom. The van der Waals surface area contributed by atoms with E-state index in [1.807, 2.05) is 6.07 Å². The Hall–Kier alpha value is -1.73. The first-order chi connectivity index (χ1) is 10.4. The molecule has 1 aliphatic carbocycles. The molecule has 1 aromatic rings. The van der Waals surface area contributed by atoms with E-state index in [1.54, 1.807) is 12.1 Å². The summed E-state index contributed by atoms with van der Waals surface area (Å²) < 4.78 is 5.61. The number of benzene rings is 1. The predicted octanol–water partition coefficient (Wildman–Crippen LogP) is 1.13. The summed E-state index contributed by atoms with van der Waals surface area (Å²) in [6.45, 7) is 0.345. The van der Waals surface area contributed by atoms with Crippen molar-refractivity contribution in [1.29, 1.82) is 0 Å². The van der Waals surface area contributed by atoms with Crippen LogP contribution < -0.4 is 10.6 Å². The first-order valence-corrected chi connectivity index (χ1v) is 7.71. The van der Waals surface area contributed by atoms with Gasteiger partial charge in [-0.25, -0.2) is 4.79 Å². The molecular weight excluding hydrogens is 352 g/mol. The number of piperidine rings is 2. The van der Waals surface area contributed by atoms with E-state index in [2.05, 4.69) is 26.6 Å². The number of carbonyl (C=O) groups excluding carboxylic acids is 3. The second kappa shape index (κ2) is 5.48. The normalized spacial score (nSPS) is 26.2. The summed E-state index contributed by atoms with van der Waals surface area (Å²) in [5, 5.41) is 5.58. The fraction of sp³-hybridized carbons (Fsp3) is 0.400. The zero-order valence-electron chi connectivity index (χ0n) is 11.9. The molecule has 2 saturated heterocycles. The molecule has 116 valence electrons. The highest BCUT2D eigenvalue weighted by Crippen LogP contribution is 2.41. The number of hydrogen-bond donors (Lipinski definition) is 2. The second-order valence-electron chi connectivity index (χ2n) is 5.65. The Morgan fingerprint density at radius 2 is 2.18 bits per heavy atom. The number of esters is 1. The van der Waals surface area contributed by atoms with Crippen LogP contribution in [0.25, 0.3) is 0 Å². The van der Waals surface area contributed by atoms with E-state index in [9.17, 15) is 14.4 Å². The van der Waals surface area contributed by atoms with Crippen molar-refractivity contribution >= 4 is 33.7 Å². The largest absolute Gasteiger partial charge is 0.465 e. The molecule has 22 heavy (non-hydrogen) atoms. The molecule has 2 bridgehead atoms. The van der Waals surface area contributed by atoms with Crippen LogP contribution in [-0.4, -0.2) is 30.4 Å². The molecule has 3 fully saturated rings. The van der Waals surface area contributed by atoms with Gasteiger partial charge in [-0.3, -0.25) is 20.2 Å². The molecule has 0 unspecified atom stereocenters. The minimum atomic E-state index is -0.700. The fourth-order valence-corrected chi connectivity index (χ4v) is 3.40. The average Bonchev–Trinajstić information content (AvgIpc) is 2.44. The molecule has 3 aliphatic rings. The van der Waals surface area contributed by atoms with Gasteiger partial charge in [0, 0.05) is 16.9 Å². The number of amides is 2. The van der Waals surface area contributed by atoms with Crippen LogP contribution in [0.4, 0.5) is 0 Å². The zero-order chi connectivity index (χ0) is 15.9. The van der Waals surface area contributed by atoms with Gasteiger partial charge in [0.25, 0.3) is 0 Å². The van der Waals surface area contributed by atoms with Crippen molar-refractivity contribution < 1.29 is 19.1 Å². The molecule has 0 spiro atoms. The van der Waals surface area contributed by atoms with Gasteiger partial charge >= 0.3 is 5.97 Å². The van der Waals surface area contributed by atoms with Gasteiger partial charge in [-0.05, 0) is 36.6 Å². The lowest BCUT2D eigenvalue weighted by molar-refractivity contribution is -0.152. The van der Waals surface area contributed by atoms with E-state index in [-0.39, 0.29) is 17.7 Å². The average molecular weight is 367 g/mol. The number of ether oxygens (including phenoxy) is 1. The van der Waals surface area contributed by atoms with E-state index in [1.165, 1.54) is 7.11 Å². The minimum Gasteiger partial charge on any atom is -0.465 e. The molecule has 1 saturated carbocycles. The van der Waals surface area contributed by atoms with Crippen molar-refractivity contribution in [3.05, 3.63) is 33.8 Å². The van der Waals surface area contributed by atoms with Gasteiger partial charge in [0.1, 0.15) is 5.54 Å². The summed E-state index contributed by atoms with van der Waals surface area (Å²) >= 11 is 3.37. The smallest absolute Gasteiger partial charge is 0.338 e. The van der Waals surface area contributed by atoms with E-state index in [0.29, 0.717) is 24.9 Å². The predicted molar refractivity (Wildman–Crippen MR) is 80.9 cm³/mol. The highest BCUT2D eigenvalue weighted by Gasteiger charge is 2.57. The number of nitrogens with one attached hydrogen (secondary N) is 2. The molecule has 7 heteroatoms. The van der Waals surface area contributed by atoms with Crippen LogP contribution in [-0.2, 0) is 20.9 Å². The SMILES string of the molecule is COC(=O)c1ccc(Br)cc1CNC12CC(C1)C(=O)NC2=O. The van der Waals surface area contributed by atoms with Crippen molar-refractivity contribution in [3.63, 3.8) is 0 Å². The van der Waals surface area contributed by atoms with Gasteiger partial charge in [-0.15, -0.1) is 0 Å². The van der Waals surface area contributed by atoms with Crippen molar-refractivity contribution in [1.82, 2.24) is 10.6 Å². The topological polar surface area (TPSA) is 84.5 Å². The van der Waals surface area contributed by atoms with E-state index >= 15 is 0 Å². The van der Waals surface area contributed by atoms with E-state index < -0.39 is 11.5 Å². The van der Waals surface area contributed by atoms with E-state index in [4.69, 9.17) is 4.74 Å². The molecule has 4 rings (SSSR count). The third kappa shape index (κ3) is 2.44. The highest BCUT2D eigenvalue weighted by molar-refractivity contribution is 9.10. The van der Waals surface area contributed by atoms with Gasteiger partial charge in [-0.1, -0.05) is 15.9 Å². The van der Waals surface area contributed by atoms with Crippen LogP contribution in [0.1, 0.15) is 28.8 Å². The minimum absolute atomic E-state index is 0.0900. The Balaban J connectivity index is 1.77. The van der Waals surface area contributed by atoms with Gasteiger partial charge in [0.15, 0.2) is 0 Å². The number of fused-ring (bicyclic) bond motifs is 2. The Morgan fingerprint density at radius 1 is 1.45 bits per heavy atom. The van der Waals surface area contributed by atoms with Gasteiger partial charge in [-0.2, -0.15) is 0 Å². The summed E-state index contributed by atoms with van der Waals surface area (Å²) in [5.74, 6) is -0.981. The molecule has 2 amide bonds. The standard InChI is InChI=1S/C15H15BrN2O4/c1-22-13(20)11-3-2-10(16)4-8(11)7-17-15-5-9(6-15)12(19)18-14(15)21/h2-4,9,17H,5-7H2,1H3,(H,18,19,21).